The molecule has 36 heavy (non-hydrogen) atoms. The number of hydrogen-bond acceptors (Lipinski definition) is 8. The molecular weight excluding hydrogens is 507 g/mol. The maximum absolute atomic E-state index is 13.8. The number of nitrogens with zero attached hydrogens (tertiary/aromatic N) is 2. The Labute approximate surface area is 212 Å². The van der Waals surface area contributed by atoms with Gasteiger partial charge < -0.3 is 10.1 Å². The highest BCUT2D eigenvalue weighted by molar-refractivity contribution is 7.19. The third-order valence-electron chi connectivity index (χ3n) is 4.79. The molecule has 12 heteroatoms. The molecule has 0 fully saturated rings. The predicted octanol–water partition coefficient (Wildman–Crippen LogP) is 6.13. The monoisotopic (exact) mass is 526 g/mol. The van der Waals surface area contributed by atoms with Gasteiger partial charge in [-0.15, -0.1) is 0 Å². The number of benzene rings is 2. The smallest absolute Gasteiger partial charge is 0.324 e. The largest absolute Gasteiger partial charge is 0.494 e. The van der Waals surface area contributed by atoms with Crippen molar-refractivity contribution in [2.75, 3.05) is 17.2 Å². The normalized spacial score (nSPS) is 10.6. The molecule has 0 unspecified atom stereocenters. The van der Waals surface area contributed by atoms with Crippen LogP contribution in [0.5, 0.6) is 5.75 Å². The SMILES string of the molecule is CCOc1ccc(-c2nc(NC(=O)c3ccc([N+](=O)[O-])s3)sc2C(=O)Nc2cc(C)cc(F)c2)cc1. The van der Waals surface area contributed by atoms with E-state index >= 15 is 0 Å². The number of aryl methyl sites for hydroxylation is 1. The summed E-state index contributed by atoms with van der Waals surface area (Å²) in [6.07, 6.45) is 0. The van der Waals surface area contributed by atoms with Gasteiger partial charge in [0.2, 0.25) is 0 Å². The summed E-state index contributed by atoms with van der Waals surface area (Å²) in [4.78, 5) is 40.9. The van der Waals surface area contributed by atoms with Crippen LogP contribution in [0.15, 0.2) is 54.6 Å². The zero-order valence-corrected chi connectivity index (χ0v) is 20.7. The third-order valence-corrected chi connectivity index (χ3v) is 6.79. The molecule has 0 spiro atoms. The summed E-state index contributed by atoms with van der Waals surface area (Å²) >= 11 is 1.66. The Kier molecular flexibility index (Phi) is 7.36. The van der Waals surface area contributed by atoms with E-state index in [1.165, 1.54) is 24.3 Å². The molecule has 0 radical (unpaired) electrons. The maximum Gasteiger partial charge on any atom is 0.324 e. The lowest BCUT2D eigenvalue weighted by Gasteiger charge is -2.07. The number of rotatable bonds is 8. The highest BCUT2D eigenvalue weighted by atomic mass is 32.1. The number of aromatic nitrogens is 1. The number of amides is 2. The molecule has 2 amide bonds. The minimum absolute atomic E-state index is 0.125. The van der Waals surface area contributed by atoms with Gasteiger partial charge in [0.1, 0.15) is 16.4 Å². The molecule has 2 N–H and O–H groups in total. The van der Waals surface area contributed by atoms with E-state index in [1.54, 1.807) is 37.3 Å². The first kappa shape index (κ1) is 24.9. The van der Waals surface area contributed by atoms with E-state index in [-0.39, 0.29) is 25.6 Å². The highest BCUT2D eigenvalue weighted by Gasteiger charge is 2.23. The minimum Gasteiger partial charge on any atom is -0.494 e. The van der Waals surface area contributed by atoms with Crippen molar-refractivity contribution in [3.63, 3.8) is 0 Å². The Morgan fingerprint density at radius 2 is 1.81 bits per heavy atom. The molecular formula is C24H19FN4O5S2. The molecule has 184 valence electrons. The van der Waals surface area contributed by atoms with E-state index in [0.717, 1.165) is 22.7 Å². The van der Waals surface area contributed by atoms with Crippen LogP contribution in [-0.2, 0) is 0 Å². The Morgan fingerprint density at radius 3 is 2.44 bits per heavy atom. The van der Waals surface area contributed by atoms with Crippen molar-refractivity contribution in [2.45, 2.75) is 13.8 Å². The van der Waals surface area contributed by atoms with Crippen LogP contribution >= 0.6 is 22.7 Å². The zero-order chi connectivity index (χ0) is 25.8. The van der Waals surface area contributed by atoms with E-state index in [2.05, 4.69) is 15.6 Å². The fraction of sp³-hybridized carbons (Fsp3) is 0.125. The lowest BCUT2D eigenvalue weighted by molar-refractivity contribution is -0.380. The molecule has 2 heterocycles. The van der Waals surface area contributed by atoms with Gasteiger partial charge >= 0.3 is 5.00 Å². The second-order valence-corrected chi connectivity index (χ2v) is 9.54. The Morgan fingerprint density at radius 1 is 1.06 bits per heavy atom. The fourth-order valence-electron chi connectivity index (χ4n) is 3.30. The first-order valence-corrected chi connectivity index (χ1v) is 12.2. The Bertz CT molecular complexity index is 1430. The van der Waals surface area contributed by atoms with Gasteiger partial charge in [-0.2, -0.15) is 0 Å². The molecule has 0 atom stereocenters. The maximum atomic E-state index is 13.8. The van der Waals surface area contributed by atoms with Crippen molar-refractivity contribution in [3.8, 4) is 17.0 Å². The number of nitro groups is 1. The van der Waals surface area contributed by atoms with Crippen molar-refractivity contribution in [3.05, 3.63) is 85.8 Å². The molecule has 0 aliphatic carbocycles. The summed E-state index contributed by atoms with van der Waals surface area (Å²) < 4.78 is 19.3. The number of thiazole rings is 1. The van der Waals surface area contributed by atoms with Gasteiger partial charge in [-0.3, -0.25) is 25.0 Å². The number of carbonyl (C=O) groups excluding carboxylic acids is 2. The van der Waals surface area contributed by atoms with Gasteiger partial charge in [-0.05, 0) is 67.9 Å². The summed E-state index contributed by atoms with van der Waals surface area (Å²) in [5, 5.41) is 16.2. The van der Waals surface area contributed by atoms with Crippen LogP contribution in [0.1, 0.15) is 31.8 Å². The lowest BCUT2D eigenvalue weighted by Crippen LogP contribution is -2.11. The topological polar surface area (TPSA) is 123 Å². The molecule has 0 aliphatic heterocycles. The van der Waals surface area contributed by atoms with Crippen LogP contribution in [0.4, 0.5) is 20.2 Å². The molecule has 0 saturated heterocycles. The number of thiophene rings is 1. The van der Waals surface area contributed by atoms with E-state index in [9.17, 15) is 24.1 Å². The minimum atomic E-state index is -0.590. The third kappa shape index (κ3) is 5.73. The highest BCUT2D eigenvalue weighted by Crippen LogP contribution is 2.34. The van der Waals surface area contributed by atoms with Gasteiger partial charge in [0.25, 0.3) is 11.8 Å². The molecule has 0 aliphatic rings. The number of hydrogen-bond donors (Lipinski definition) is 2. The van der Waals surface area contributed by atoms with Crippen LogP contribution in [0, 0.1) is 22.9 Å². The van der Waals surface area contributed by atoms with Crippen molar-refractivity contribution < 1.29 is 23.6 Å². The number of ether oxygens (including phenoxy) is 1. The number of carbonyl (C=O) groups is 2. The van der Waals surface area contributed by atoms with Crippen molar-refractivity contribution in [1.82, 2.24) is 4.98 Å². The molecule has 4 aromatic rings. The first-order chi connectivity index (χ1) is 17.2. The van der Waals surface area contributed by atoms with Crippen LogP contribution in [0.2, 0.25) is 0 Å². The second kappa shape index (κ2) is 10.6. The van der Waals surface area contributed by atoms with E-state index in [0.29, 0.717) is 29.2 Å². The lowest BCUT2D eigenvalue weighted by atomic mass is 10.1. The zero-order valence-electron chi connectivity index (χ0n) is 19.0. The Balaban J connectivity index is 1.66. The number of halogens is 1. The molecule has 2 aromatic heterocycles. The summed E-state index contributed by atoms with van der Waals surface area (Å²) in [5.74, 6) is -0.966. The molecule has 9 nitrogen and oxygen atoms in total. The van der Waals surface area contributed by atoms with Crippen LogP contribution < -0.4 is 15.4 Å². The van der Waals surface area contributed by atoms with E-state index < -0.39 is 22.6 Å². The Hall–Kier alpha value is -4.16. The van der Waals surface area contributed by atoms with Gasteiger partial charge in [0, 0.05) is 17.3 Å². The molecule has 4 rings (SSSR count). The summed E-state index contributed by atoms with van der Waals surface area (Å²) in [7, 11) is 0. The van der Waals surface area contributed by atoms with Crippen molar-refractivity contribution in [2.24, 2.45) is 0 Å². The van der Waals surface area contributed by atoms with Gasteiger partial charge in [0.15, 0.2) is 5.13 Å². The fourth-order valence-corrected chi connectivity index (χ4v) is 4.90. The quantitative estimate of drug-likeness (QED) is 0.210. The molecule has 0 bridgehead atoms. The van der Waals surface area contributed by atoms with Crippen LogP contribution in [-0.4, -0.2) is 28.3 Å². The van der Waals surface area contributed by atoms with Crippen LogP contribution in [0.25, 0.3) is 11.3 Å². The average Bonchev–Trinajstić information content (AvgIpc) is 3.47. The van der Waals surface area contributed by atoms with E-state index in [1.807, 2.05) is 6.92 Å². The van der Waals surface area contributed by atoms with Crippen molar-refractivity contribution >= 4 is 50.3 Å². The van der Waals surface area contributed by atoms with Gasteiger partial charge in [0.05, 0.1) is 22.1 Å². The number of nitrogens with one attached hydrogen (secondary N) is 2. The summed E-state index contributed by atoms with van der Waals surface area (Å²) in [5.41, 5.74) is 1.82. The second-order valence-electron chi connectivity index (χ2n) is 7.47. The predicted molar refractivity (Wildman–Crippen MR) is 137 cm³/mol. The first-order valence-electron chi connectivity index (χ1n) is 10.6. The van der Waals surface area contributed by atoms with E-state index in [4.69, 9.17) is 4.74 Å². The summed E-state index contributed by atoms with van der Waals surface area (Å²) in [6.45, 7) is 4.06. The van der Waals surface area contributed by atoms with Gasteiger partial charge in [-0.1, -0.05) is 22.7 Å². The van der Waals surface area contributed by atoms with Crippen molar-refractivity contribution in [1.29, 1.82) is 0 Å². The number of anilines is 2. The van der Waals surface area contributed by atoms with Crippen LogP contribution in [0.3, 0.4) is 0 Å². The molecule has 0 saturated carbocycles. The standard InChI is InChI=1S/C24H19FN4O5S2/c1-3-34-17-6-4-14(5-7-17)20-21(23(31)26-16-11-13(2)10-15(25)12-16)36-24(27-20)28-22(30)18-8-9-19(35-18)29(32)33/h4-12H,3H2,1-2H3,(H,26,31)(H,27,28,30). The van der Waals surface area contributed by atoms with Gasteiger partial charge in [-0.25, -0.2) is 9.37 Å². The molecule has 2 aromatic carbocycles. The average molecular weight is 527 g/mol. The summed E-state index contributed by atoms with van der Waals surface area (Å²) in [6, 6.07) is 13.7.